The summed E-state index contributed by atoms with van der Waals surface area (Å²) in [4.78, 5) is 41.8. The van der Waals surface area contributed by atoms with Gasteiger partial charge >= 0.3 is 5.97 Å². The molecule has 164 valence electrons. The number of imidazole rings is 1. The number of ether oxygens (including phenoxy) is 1. The number of fused-ring (bicyclic) bond motifs is 1. The zero-order valence-electron chi connectivity index (χ0n) is 17.9. The summed E-state index contributed by atoms with van der Waals surface area (Å²) in [6, 6.07) is 7.32. The van der Waals surface area contributed by atoms with Crippen LogP contribution in [0.15, 0.2) is 30.5 Å². The maximum Gasteiger partial charge on any atom is 0.340 e. The molecule has 0 unspecified atom stereocenters. The first-order valence-electron chi connectivity index (χ1n) is 10.1. The summed E-state index contributed by atoms with van der Waals surface area (Å²) in [5.41, 5.74) is 2.36. The Labute approximate surface area is 184 Å². The summed E-state index contributed by atoms with van der Waals surface area (Å²) in [7, 11) is 1.32. The van der Waals surface area contributed by atoms with Crippen LogP contribution in [0.5, 0.6) is 0 Å². The predicted octanol–water partition coefficient (Wildman–Crippen LogP) is 3.73. The molecule has 3 aromatic heterocycles. The average molecular weight is 443 g/mol. The Kier molecular flexibility index (Phi) is 7.41. The quantitative estimate of drug-likeness (QED) is 0.388. The van der Waals surface area contributed by atoms with E-state index >= 15 is 0 Å². The van der Waals surface area contributed by atoms with Crippen LogP contribution in [0.2, 0.25) is 0 Å². The fraction of sp³-hybridized carbons (Fsp3) is 0.364. The number of amides is 2. The number of aromatic nitrogens is 2. The topological polar surface area (TPSA) is 102 Å². The molecular weight excluding hydrogens is 416 g/mol. The number of unbranched alkanes of at least 4 members (excludes halogenated alkanes) is 2. The highest BCUT2D eigenvalue weighted by Gasteiger charge is 2.17. The number of methoxy groups -OCH3 is 1. The zero-order valence-corrected chi connectivity index (χ0v) is 18.7. The first-order chi connectivity index (χ1) is 14.9. The van der Waals surface area contributed by atoms with Gasteiger partial charge in [0.15, 0.2) is 0 Å². The van der Waals surface area contributed by atoms with E-state index in [1.54, 1.807) is 10.5 Å². The highest BCUT2D eigenvalue weighted by molar-refractivity contribution is 7.16. The largest absolute Gasteiger partial charge is 0.465 e. The number of nitrogens with zero attached hydrogens (tertiary/aromatic N) is 2. The Hall–Kier alpha value is -3.20. The lowest BCUT2D eigenvalue weighted by Gasteiger charge is -2.07. The average Bonchev–Trinajstić information content (AvgIpc) is 3.28. The van der Waals surface area contributed by atoms with E-state index in [9.17, 15) is 14.4 Å². The molecule has 0 radical (unpaired) electrons. The molecule has 0 aliphatic carbocycles. The van der Waals surface area contributed by atoms with Crippen molar-refractivity contribution >= 4 is 39.8 Å². The number of aryl methyl sites for hydroxylation is 2. The molecule has 3 aromatic rings. The molecule has 0 spiro atoms. The smallest absolute Gasteiger partial charge is 0.340 e. The number of hydrogen-bond acceptors (Lipinski definition) is 6. The highest BCUT2D eigenvalue weighted by Crippen LogP contribution is 2.28. The van der Waals surface area contributed by atoms with E-state index in [4.69, 9.17) is 4.74 Å². The van der Waals surface area contributed by atoms with Crippen LogP contribution >= 0.6 is 11.3 Å². The number of nitrogens with one attached hydrogen (secondary N) is 2. The van der Waals surface area contributed by atoms with Crippen molar-refractivity contribution in [1.82, 2.24) is 14.7 Å². The Morgan fingerprint density at radius 3 is 2.74 bits per heavy atom. The van der Waals surface area contributed by atoms with E-state index < -0.39 is 5.97 Å². The monoisotopic (exact) mass is 442 g/mol. The number of thiophene rings is 1. The fourth-order valence-corrected chi connectivity index (χ4v) is 4.23. The third-order valence-corrected chi connectivity index (χ3v) is 5.76. The lowest BCUT2D eigenvalue weighted by Crippen LogP contribution is -2.26. The number of pyridine rings is 1. The molecule has 2 N–H and O–H groups in total. The van der Waals surface area contributed by atoms with E-state index in [1.807, 2.05) is 38.2 Å². The minimum absolute atomic E-state index is 0.141. The molecule has 0 aliphatic heterocycles. The minimum Gasteiger partial charge on any atom is -0.465 e. The van der Waals surface area contributed by atoms with Crippen molar-refractivity contribution in [3.63, 3.8) is 0 Å². The van der Waals surface area contributed by atoms with Gasteiger partial charge in [0.1, 0.15) is 16.3 Å². The molecule has 2 amide bonds. The number of rotatable bonds is 9. The first kappa shape index (κ1) is 22.5. The van der Waals surface area contributed by atoms with Gasteiger partial charge < -0.3 is 15.4 Å². The van der Waals surface area contributed by atoms with Gasteiger partial charge in [-0.3, -0.25) is 14.0 Å². The second-order valence-corrected chi connectivity index (χ2v) is 8.44. The molecule has 3 heterocycles. The van der Waals surface area contributed by atoms with E-state index in [1.165, 1.54) is 18.4 Å². The maximum atomic E-state index is 12.5. The third-order valence-electron chi connectivity index (χ3n) is 4.80. The molecule has 0 aliphatic rings. The third kappa shape index (κ3) is 5.49. The molecule has 0 aromatic carbocycles. The number of anilines is 1. The first-order valence-corrected chi connectivity index (χ1v) is 10.9. The second kappa shape index (κ2) is 10.2. The lowest BCUT2D eigenvalue weighted by atomic mass is 10.2. The van der Waals surface area contributed by atoms with Crippen LogP contribution in [0.4, 0.5) is 5.00 Å². The molecule has 0 saturated carbocycles. The van der Waals surface area contributed by atoms with E-state index in [0.717, 1.165) is 23.4 Å². The van der Waals surface area contributed by atoms with E-state index in [-0.39, 0.29) is 11.8 Å². The van der Waals surface area contributed by atoms with E-state index in [0.29, 0.717) is 41.3 Å². The Morgan fingerprint density at radius 1 is 1.16 bits per heavy atom. The number of esters is 1. The van der Waals surface area contributed by atoms with Crippen molar-refractivity contribution in [3.8, 4) is 0 Å². The molecule has 9 heteroatoms. The zero-order chi connectivity index (χ0) is 22.4. The highest BCUT2D eigenvalue weighted by atomic mass is 32.1. The van der Waals surface area contributed by atoms with Crippen molar-refractivity contribution in [2.24, 2.45) is 0 Å². The Bertz CT molecular complexity index is 1100. The number of hydrogen-bond donors (Lipinski definition) is 2. The van der Waals surface area contributed by atoms with Crippen LogP contribution in [0.3, 0.4) is 0 Å². The fourth-order valence-electron chi connectivity index (χ4n) is 3.32. The minimum atomic E-state index is -0.461. The van der Waals surface area contributed by atoms with Crippen molar-refractivity contribution in [2.75, 3.05) is 19.0 Å². The molecule has 0 bridgehead atoms. The van der Waals surface area contributed by atoms with Crippen LogP contribution in [-0.4, -0.2) is 40.8 Å². The van der Waals surface area contributed by atoms with Crippen LogP contribution in [0.1, 0.15) is 57.1 Å². The van der Waals surface area contributed by atoms with Gasteiger partial charge in [-0.1, -0.05) is 12.5 Å². The summed E-state index contributed by atoms with van der Waals surface area (Å²) in [6.45, 7) is 4.22. The summed E-state index contributed by atoms with van der Waals surface area (Å²) in [6.07, 6.45) is 4.42. The van der Waals surface area contributed by atoms with Crippen LogP contribution < -0.4 is 10.6 Å². The Balaban J connectivity index is 1.40. The van der Waals surface area contributed by atoms with E-state index in [2.05, 4.69) is 15.6 Å². The van der Waals surface area contributed by atoms with Gasteiger partial charge in [0.25, 0.3) is 5.91 Å². The van der Waals surface area contributed by atoms with Gasteiger partial charge in [-0.25, -0.2) is 9.78 Å². The summed E-state index contributed by atoms with van der Waals surface area (Å²) >= 11 is 1.35. The molecule has 8 nitrogen and oxygen atoms in total. The Morgan fingerprint density at radius 2 is 1.97 bits per heavy atom. The van der Waals surface area contributed by atoms with Crippen LogP contribution in [0.25, 0.3) is 5.65 Å². The number of carbonyl (C=O) groups is 3. The van der Waals surface area contributed by atoms with Gasteiger partial charge in [-0.05, 0) is 44.9 Å². The molecule has 0 fully saturated rings. The van der Waals surface area contributed by atoms with Gasteiger partial charge in [-0.2, -0.15) is 0 Å². The van der Waals surface area contributed by atoms with Gasteiger partial charge in [0, 0.05) is 24.0 Å². The van der Waals surface area contributed by atoms with Crippen LogP contribution in [-0.2, 0) is 9.53 Å². The molecule has 3 rings (SSSR count). The predicted molar refractivity (Wildman–Crippen MR) is 120 cm³/mol. The molecule has 31 heavy (non-hydrogen) atoms. The maximum absolute atomic E-state index is 12.5. The molecule has 0 atom stereocenters. The van der Waals surface area contributed by atoms with Gasteiger partial charge in [0.05, 0.1) is 18.4 Å². The summed E-state index contributed by atoms with van der Waals surface area (Å²) < 4.78 is 6.53. The normalized spacial score (nSPS) is 10.8. The van der Waals surface area contributed by atoms with Gasteiger partial charge in [-0.15, -0.1) is 11.3 Å². The van der Waals surface area contributed by atoms with Gasteiger partial charge in [0.2, 0.25) is 5.91 Å². The summed E-state index contributed by atoms with van der Waals surface area (Å²) in [5.74, 6) is -0.758. The van der Waals surface area contributed by atoms with Crippen molar-refractivity contribution in [2.45, 2.75) is 39.5 Å². The SMILES string of the molecule is COC(=O)c1cc(C)sc1NC(=O)CCCCCNC(=O)c1c(C)nc2ccccn12. The standard InChI is InChI=1S/C22H26N4O4S/c1-14-13-16(22(29)30-3)21(31-14)25-18(27)10-5-4-7-11-23-20(28)19-15(2)24-17-9-6-8-12-26(17)19/h6,8-9,12-13H,4-5,7,10-11H2,1-3H3,(H,23,28)(H,25,27). The molecular formula is C22H26N4O4S. The van der Waals surface area contributed by atoms with Crippen molar-refractivity contribution < 1.29 is 19.1 Å². The lowest BCUT2D eigenvalue weighted by molar-refractivity contribution is -0.116. The van der Waals surface area contributed by atoms with Crippen molar-refractivity contribution in [3.05, 3.63) is 52.3 Å². The van der Waals surface area contributed by atoms with Crippen molar-refractivity contribution in [1.29, 1.82) is 0 Å². The summed E-state index contributed by atoms with van der Waals surface area (Å²) in [5, 5.41) is 6.24. The number of carbonyl (C=O) groups excluding carboxylic acids is 3. The second-order valence-electron chi connectivity index (χ2n) is 7.18. The molecule has 0 saturated heterocycles. The van der Waals surface area contributed by atoms with Crippen LogP contribution in [0, 0.1) is 13.8 Å².